The van der Waals surface area contributed by atoms with Crippen molar-refractivity contribution in [1.29, 1.82) is 0 Å². The van der Waals surface area contributed by atoms with Gasteiger partial charge in [-0.3, -0.25) is 9.59 Å². The Balaban J connectivity index is 1.64. The molecule has 0 fully saturated rings. The molecule has 1 atom stereocenters. The van der Waals surface area contributed by atoms with Gasteiger partial charge in [-0.05, 0) is 48.1 Å². The summed E-state index contributed by atoms with van der Waals surface area (Å²) in [7, 11) is 0. The lowest BCUT2D eigenvalue weighted by atomic mass is 10.1. The van der Waals surface area contributed by atoms with Crippen molar-refractivity contribution in [3.05, 3.63) is 70.8 Å². The van der Waals surface area contributed by atoms with E-state index in [4.69, 9.17) is 4.42 Å². The van der Waals surface area contributed by atoms with E-state index < -0.39 is 6.04 Å². The second-order valence-electron chi connectivity index (χ2n) is 8.23. The highest BCUT2D eigenvalue weighted by Crippen LogP contribution is 2.26. The largest absolute Gasteiger partial charge is 0.467 e. The summed E-state index contributed by atoms with van der Waals surface area (Å²) in [6.45, 7) is 4.98. The van der Waals surface area contributed by atoms with Crippen LogP contribution in [0.1, 0.15) is 36.9 Å². The van der Waals surface area contributed by atoms with Crippen molar-refractivity contribution in [2.45, 2.75) is 39.4 Å². The third-order valence-electron chi connectivity index (χ3n) is 5.33. The van der Waals surface area contributed by atoms with Gasteiger partial charge in [0, 0.05) is 11.4 Å². The summed E-state index contributed by atoms with van der Waals surface area (Å²) < 4.78 is 7.18. The van der Waals surface area contributed by atoms with Crippen molar-refractivity contribution >= 4 is 34.2 Å². The van der Waals surface area contributed by atoms with E-state index in [2.05, 4.69) is 29.5 Å². The van der Waals surface area contributed by atoms with Gasteiger partial charge < -0.3 is 14.6 Å². The molecule has 33 heavy (non-hydrogen) atoms. The van der Waals surface area contributed by atoms with Crippen LogP contribution in [0, 0.1) is 5.92 Å². The summed E-state index contributed by atoms with van der Waals surface area (Å²) >= 11 is 1.54. The lowest BCUT2D eigenvalue weighted by Gasteiger charge is -2.29. The Morgan fingerprint density at radius 1 is 1.15 bits per heavy atom. The number of thiophene rings is 1. The Hall–Kier alpha value is -3.46. The number of hydrogen-bond donors (Lipinski definition) is 1. The maximum atomic E-state index is 13.6. The number of carbonyl (C=O) groups excluding carboxylic acids is 2. The average molecular weight is 466 g/mol. The van der Waals surface area contributed by atoms with Crippen molar-refractivity contribution in [1.82, 2.24) is 25.2 Å². The summed E-state index contributed by atoms with van der Waals surface area (Å²) in [5.41, 5.74) is 1.47. The zero-order valence-corrected chi connectivity index (χ0v) is 19.5. The summed E-state index contributed by atoms with van der Waals surface area (Å²) in [6.07, 6.45) is 2.36. The third-order valence-corrected chi connectivity index (χ3v) is 6.19. The zero-order valence-electron chi connectivity index (χ0n) is 18.7. The van der Waals surface area contributed by atoms with Crippen LogP contribution in [-0.2, 0) is 22.7 Å². The van der Waals surface area contributed by atoms with E-state index in [1.165, 1.54) is 17.6 Å². The molecule has 1 N–H and O–H groups in total. The number of hydrogen-bond acceptors (Lipinski definition) is 6. The van der Waals surface area contributed by atoms with Crippen LogP contribution in [0.5, 0.6) is 0 Å². The molecule has 0 saturated carbocycles. The number of carbonyl (C=O) groups is 2. The summed E-state index contributed by atoms with van der Waals surface area (Å²) in [5.74, 6) is 0.362. The van der Waals surface area contributed by atoms with Gasteiger partial charge in [0.2, 0.25) is 5.91 Å². The van der Waals surface area contributed by atoms with Crippen molar-refractivity contribution in [2.24, 2.45) is 5.92 Å². The first kappa shape index (κ1) is 22.7. The van der Waals surface area contributed by atoms with Gasteiger partial charge in [0.1, 0.15) is 17.8 Å². The number of nitrogens with zero attached hydrogens (tertiary/aromatic N) is 4. The fourth-order valence-corrected chi connectivity index (χ4v) is 4.30. The molecule has 0 aliphatic carbocycles. The van der Waals surface area contributed by atoms with Crippen LogP contribution < -0.4 is 5.32 Å². The number of benzene rings is 1. The van der Waals surface area contributed by atoms with Gasteiger partial charge in [-0.15, -0.1) is 16.4 Å². The number of amides is 2. The SMILES string of the molecule is CC(C)CCNC(=O)[C@H](c1ccco1)N(Cc1cccs1)C(=O)Cn1nnc2ccccc21. The highest BCUT2D eigenvalue weighted by Gasteiger charge is 2.34. The molecule has 0 spiro atoms. The topological polar surface area (TPSA) is 93.3 Å². The molecule has 172 valence electrons. The average Bonchev–Trinajstić information content (AvgIpc) is 3.56. The quantitative estimate of drug-likeness (QED) is 0.382. The van der Waals surface area contributed by atoms with Crippen LogP contribution in [0.4, 0.5) is 0 Å². The molecule has 3 heterocycles. The van der Waals surface area contributed by atoms with Gasteiger partial charge in [-0.2, -0.15) is 0 Å². The van der Waals surface area contributed by atoms with Crippen molar-refractivity contribution < 1.29 is 14.0 Å². The number of para-hydroxylation sites is 1. The minimum absolute atomic E-state index is 0.0393. The Labute approximate surface area is 196 Å². The van der Waals surface area contributed by atoms with E-state index in [0.29, 0.717) is 23.7 Å². The van der Waals surface area contributed by atoms with Crippen LogP contribution in [-0.4, -0.2) is 38.3 Å². The molecule has 3 aromatic heterocycles. The molecule has 0 unspecified atom stereocenters. The molecule has 0 aliphatic rings. The first-order valence-electron chi connectivity index (χ1n) is 10.9. The summed E-state index contributed by atoms with van der Waals surface area (Å²) in [6, 6.07) is 13.9. The lowest BCUT2D eigenvalue weighted by Crippen LogP contribution is -2.44. The molecule has 4 aromatic rings. The Morgan fingerprint density at radius 2 is 2.00 bits per heavy atom. The standard InChI is InChI=1S/C24H27N5O3S/c1-17(2)11-12-25-24(31)23(21-10-5-13-32-21)28(15-18-7-6-14-33-18)22(30)16-29-20-9-4-3-8-19(20)26-27-29/h3-10,13-14,17,23H,11-12,15-16H2,1-2H3,(H,25,31)/t23-/m0/s1. The smallest absolute Gasteiger partial charge is 0.250 e. The molecule has 2 amide bonds. The second kappa shape index (κ2) is 10.4. The van der Waals surface area contributed by atoms with Crippen molar-refractivity contribution in [3.63, 3.8) is 0 Å². The van der Waals surface area contributed by atoms with Gasteiger partial charge in [-0.25, -0.2) is 4.68 Å². The third kappa shape index (κ3) is 5.48. The maximum Gasteiger partial charge on any atom is 0.250 e. The molecule has 4 rings (SSSR count). The summed E-state index contributed by atoms with van der Waals surface area (Å²) in [5, 5.41) is 13.2. The molecule has 8 nitrogen and oxygen atoms in total. The lowest BCUT2D eigenvalue weighted by molar-refractivity contribution is -0.142. The Kier molecular flexibility index (Phi) is 7.19. The predicted molar refractivity (Wildman–Crippen MR) is 126 cm³/mol. The van der Waals surface area contributed by atoms with Crippen LogP contribution in [0.2, 0.25) is 0 Å². The van der Waals surface area contributed by atoms with Gasteiger partial charge in [0.15, 0.2) is 6.04 Å². The van der Waals surface area contributed by atoms with E-state index in [9.17, 15) is 9.59 Å². The molecule has 0 saturated heterocycles. The number of furan rings is 1. The Morgan fingerprint density at radius 3 is 2.73 bits per heavy atom. The van der Waals surface area contributed by atoms with Gasteiger partial charge in [0.25, 0.3) is 5.91 Å². The molecule has 0 bridgehead atoms. The van der Waals surface area contributed by atoms with Crippen LogP contribution in [0.15, 0.2) is 64.6 Å². The van der Waals surface area contributed by atoms with E-state index in [-0.39, 0.29) is 24.9 Å². The van der Waals surface area contributed by atoms with Crippen LogP contribution in [0.25, 0.3) is 11.0 Å². The minimum Gasteiger partial charge on any atom is -0.467 e. The fraction of sp³-hybridized carbons (Fsp3) is 0.333. The first-order chi connectivity index (χ1) is 16.0. The van der Waals surface area contributed by atoms with E-state index in [0.717, 1.165) is 16.8 Å². The maximum absolute atomic E-state index is 13.6. The number of fused-ring (bicyclic) bond motifs is 1. The highest BCUT2D eigenvalue weighted by molar-refractivity contribution is 7.09. The molecular weight excluding hydrogens is 438 g/mol. The zero-order chi connectivity index (χ0) is 23.2. The minimum atomic E-state index is -0.892. The molecule has 0 radical (unpaired) electrons. The van der Waals surface area contributed by atoms with Crippen LogP contribution >= 0.6 is 11.3 Å². The normalized spacial score (nSPS) is 12.2. The summed E-state index contributed by atoms with van der Waals surface area (Å²) in [4.78, 5) is 29.5. The number of nitrogens with one attached hydrogen (secondary N) is 1. The number of rotatable bonds is 10. The molecule has 1 aromatic carbocycles. The fourth-order valence-electron chi connectivity index (χ4n) is 3.60. The van der Waals surface area contributed by atoms with Gasteiger partial charge in [0.05, 0.1) is 18.3 Å². The van der Waals surface area contributed by atoms with Crippen molar-refractivity contribution in [3.8, 4) is 0 Å². The van der Waals surface area contributed by atoms with E-state index in [1.54, 1.807) is 21.7 Å². The number of aromatic nitrogens is 3. The Bertz CT molecular complexity index is 1180. The van der Waals surface area contributed by atoms with Crippen molar-refractivity contribution in [2.75, 3.05) is 6.54 Å². The molecule has 9 heteroatoms. The second-order valence-corrected chi connectivity index (χ2v) is 9.26. The van der Waals surface area contributed by atoms with E-state index >= 15 is 0 Å². The monoisotopic (exact) mass is 465 g/mol. The first-order valence-corrected chi connectivity index (χ1v) is 11.8. The van der Waals surface area contributed by atoms with E-state index in [1.807, 2.05) is 41.8 Å². The molecular formula is C24H27N5O3S. The van der Waals surface area contributed by atoms with Gasteiger partial charge >= 0.3 is 0 Å². The van der Waals surface area contributed by atoms with Crippen LogP contribution in [0.3, 0.4) is 0 Å². The predicted octanol–water partition coefficient (Wildman–Crippen LogP) is 4.02. The molecule has 0 aliphatic heterocycles. The highest BCUT2D eigenvalue weighted by atomic mass is 32.1. The van der Waals surface area contributed by atoms with Gasteiger partial charge in [-0.1, -0.05) is 37.3 Å².